The van der Waals surface area contributed by atoms with Crippen LogP contribution in [0.2, 0.25) is 0 Å². The number of pyridine rings is 1. The molecule has 0 radical (unpaired) electrons. The van der Waals surface area contributed by atoms with Crippen LogP contribution in [-0.2, 0) is 13.6 Å². The molecule has 1 aliphatic rings. The standard InChI is InChI=1S/C23H28N6O/c1-17-20(15-28(3)26-17)14-27(2)23(30)19-9-10-25-22(13-19)29-12-11-24-21(16-29)18-7-5-4-6-8-18/h4-10,13,15,21,24H,11-12,14,16H2,1-3H3. The number of hydrogen-bond donors (Lipinski definition) is 1. The molecule has 0 aliphatic carbocycles. The van der Waals surface area contributed by atoms with Crippen LogP contribution in [0.25, 0.3) is 0 Å². The Kier molecular flexibility index (Phi) is 5.81. The molecular weight excluding hydrogens is 376 g/mol. The van der Waals surface area contributed by atoms with Crippen molar-refractivity contribution < 1.29 is 4.79 Å². The number of nitrogens with zero attached hydrogens (tertiary/aromatic N) is 5. The van der Waals surface area contributed by atoms with E-state index in [0.29, 0.717) is 12.1 Å². The van der Waals surface area contributed by atoms with Crippen LogP contribution in [0.1, 0.15) is 33.2 Å². The summed E-state index contributed by atoms with van der Waals surface area (Å²) in [4.78, 5) is 21.6. The van der Waals surface area contributed by atoms with Gasteiger partial charge in [-0.05, 0) is 24.6 Å². The van der Waals surface area contributed by atoms with Gasteiger partial charge in [-0.25, -0.2) is 4.98 Å². The first-order chi connectivity index (χ1) is 14.5. The van der Waals surface area contributed by atoms with Gasteiger partial charge >= 0.3 is 0 Å². The third kappa shape index (κ3) is 4.36. The summed E-state index contributed by atoms with van der Waals surface area (Å²) in [5.74, 6) is 0.825. The fourth-order valence-corrected chi connectivity index (χ4v) is 3.94. The highest BCUT2D eigenvalue weighted by Crippen LogP contribution is 2.22. The molecule has 1 atom stereocenters. The van der Waals surface area contributed by atoms with Crippen molar-refractivity contribution in [3.8, 4) is 0 Å². The van der Waals surface area contributed by atoms with Crippen LogP contribution in [0.5, 0.6) is 0 Å². The van der Waals surface area contributed by atoms with Crippen molar-refractivity contribution in [2.75, 3.05) is 31.6 Å². The largest absolute Gasteiger partial charge is 0.353 e. The van der Waals surface area contributed by atoms with E-state index in [1.165, 1.54) is 5.56 Å². The van der Waals surface area contributed by atoms with Gasteiger partial charge in [0.05, 0.1) is 5.69 Å². The van der Waals surface area contributed by atoms with Gasteiger partial charge in [0.15, 0.2) is 0 Å². The molecule has 7 heteroatoms. The minimum atomic E-state index is -0.0170. The molecule has 0 spiro atoms. The molecule has 1 N–H and O–H groups in total. The van der Waals surface area contributed by atoms with Crippen molar-refractivity contribution in [2.45, 2.75) is 19.5 Å². The molecule has 3 aromatic rings. The summed E-state index contributed by atoms with van der Waals surface area (Å²) in [5.41, 5.74) is 3.91. The number of amides is 1. The molecule has 1 unspecified atom stereocenters. The fourth-order valence-electron chi connectivity index (χ4n) is 3.94. The van der Waals surface area contributed by atoms with Gasteiger partial charge in [-0.3, -0.25) is 9.48 Å². The van der Waals surface area contributed by atoms with E-state index in [4.69, 9.17) is 0 Å². The zero-order valence-electron chi connectivity index (χ0n) is 17.7. The van der Waals surface area contributed by atoms with E-state index in [-0.39, 0.29) is 11.9 Å². The van der Waals surface area contributed by atoms with E-state index in [1.807, 2.05) is 39.3 Å². The molecule has 0 bridgehead atoms. The molecule has 30 heavy (non-hydrogen) atoms. The second kappa shape index (κ2) is 8.67. The number of aryl methyl sites for hydroxylation is 2. The predicted octanol–water partition coefficient (Wildman–Crippen LogP) is 2.55. The number of piperazine rings is 1. The minimum absolute atomic E-state index is 0.0170. The number of nitrogens with one attached hydrogen (secondary N) is 1. The molecule has 1 fully saturated rings. The molecule has 156 valence electrons. The summed E-state index contributed by atoms with van der Waals surface area (Å²) in [6.07, 6.45) is 3.69. The van der Waals surface area contributed by atoms with E-state index < -0.39 is 0 Å². The molecule has 3 heterocycles. The van der Waals surface area contributed by atoms with Crippen LogP contribution in [0, 0.1) is 6.92 Å². The monoisotopic (exact) mass is 404 g/mol. The van der Waals surface area contributed by atoms with Gasteiger partial charge in [0.1, 0.15) is 5.82 Å². The van der Waals surface area contributed by atoms with Crippen molar-refractivity contribution >= 4 is 11.7 Å². The van der Waals surface area contributed by atoms with E-state index in [1.54, 1.807) is 21.8 Å². The predicted molar refractivity (Wildman–Crippen MR) is 117 cm³/mol. The lowest BCUT2D eigenvalue weighted by Gasteiger charge is -2.35. The van der Waals surface area contributed by atoms with Crippen molar-refractivity contribution in [3.63, 3.8) is 0 Å². The lowest BCUT2D eigenvalue weighted by molar-refractivity contribution is 0.0785. The zero-order chi connectivity index (χ0) is 21.1. The van der Waals surface area contributed by atoms with Crippen LogP contribution in [-0.4, -0.2) is 52.3 Å². The number of carbonyl (C=O) groups excluding carboxylic acids is 1. The first-order valence-electron chi connectivity index (χ1n) is 10.2. The first kappa shape index (κ1) is 20.1. The van der Waals surface area contributed by atoms with Crippen molar-refractivity contribution in [3.05, 3.63) is 77.2 Å². The lowest BCUT2D eigenvalue weighted by Crippen LogP contribution is -2.46. The SMILES string of the molecule is Cc1nn(C)cc1CN(C)C(=O)c1ccnc(N2CCNC(c3ccccc3)C2)c1. The van der Waals surface area contributed by atoms with Crippen LogP contribution in [0.15, 0.2) is 54.9 Å². The maximum absolute atomic E-state index is 13.0. The smallest absolute Gasteiger partial charge is 0.254 e. The van der Waals surface area contributed by atoms with E-state index >= 15 is 0 Å². The van der Waals surface area contributed by atoms with Crippen LogP contribution in [0.4, 0.5) is 5.82 Å². The molecule has 2 aromatic heterocycles. The Labute approximate surface area is 177 Å². The van der Waals surface area contributed by atoms with Gasteiger partial charge in [0, 0.05) is 69.8 Å². The van der Waals surface area contributed by atoms with Gasteiger partial charge in [0.25, 0.3) is 5.91 Å². The van der Waals surface area contributed by atoms with Crippen molar-refractivity contribution in [1.82, 2.24) is 25.0 Å². The van der Waals surface area contributed by atoms with Gasteiger partial charge in [-0.15, -0.1) is 0 Å². The van der Waals surface area contributed by atoms with Gasteiger partial charge < -0.3 is 15.1 Å². The van der Waals surface area contributed by atoms with Crippen LogP contribution >= 0.6 is 0 Å². The highest BCUT2D eigenvalue weighted by molar-refractivity contribution is 5.94. The highest BCUT2D eigenvalue weighted by atomic mass is 16.2. The van der Waals surface area contributed by atoms with Gasteiger partial charge in [-0.2, -0.15) is 5.10 Å². The Morgan fingerprint density at radius 2 is 2.07 bits per heavy atom. The molecule has 4 rings (SSSR count). The third-order valence-electron chi connectivity index (χ3n) is 5.56. The maximum atomic E-state index is 13.0. The minimum Gasteiger partial charge on any atom is -0.353 e. The second-order valence-corrected chi connectivity index (χ2v) is 7.84. The van der Waals surface area contributed by atoms with E-state index in [9.17, 15) is 4.79 Å². The maximum Gasteiger partial charge on any atom is 0.254 e. The summed E-state index contributed by atoms with van der Waals surface area (Å²) in [6.45, 7) is 5.04. The molecule has 1 amide bonds. The molecule has 7 nitrogen and oxygen atoms in total. The number of hydrogen-bond acceptors (Lipinski definition) is 5. The third-order valence-corrected chi connectivity index (χ3v) is 5.56. The van der Waals surface area contributed by atoms with Crippen LogP contribution in [0.3, 0.4) is 0 Å². The Hall–Kier alpha value is -3.19. The Bertz CT molecular complexity index is 1020. The second-order valence-electron chi connectivity index (χ2n) is 7.84. The molecular formula is C23H28N6O. The average molecular weight is 405 g/mol. The van der Waals surface area contributed by atoms with Gasteiger partial charge in [0.2, 0.25) is 0 Å². The fraction of sp³-hybridized carbons (Fsp3) is 0.348. The summed E-state index contributed by atoms with van der Waals surface area (Å²) in [7, 11) is 3.72. The lowest BCUT2D eigenvalue weighted by atomic mass is 10.0. The van der Waals surface area contributed by atoms with Crippen LogP contribution < -0.4 is 10.2 Å². The number of rotatable bonds is 5. The number of benzene rings is 1. The number of anilines is 1. The zero-order valence-corrected chi connectivity index (χ0v) is 17.7. The van der Waals surface area contributed by atoms with Crippen molar-refractivity contribution in [2.24, 2.45) is 7.05 Å². The molecule has 1 saturated heterocycles. The Morgan fingerprint density at radius 1 is 1.27 bits per heavy atom. The summed E-state index contributed by atoms with van der Waals surface area (Å²) in [6, 6.07) is 14.4. The summed E-state index contributed by atoms with van der Waals surface area (Å²) >= 11 is 0. The first-order valence-corrected chi connectivity index (χ1v) is 10.2. The van der Waals surface area contributed by atoms with E-state index in [2.05, 4.69) is 44.6 Å². The highest BCUT2D eigenvalue weighted by Gasteiger charge is 2.23. The number of aromatic nitrogens is 3. The topological polar surface area (TPSA) is 66.3 Å². The molecule has 0 saturated carbocycles. The quantitative estimate of drug-likeness (QED) is 0.708. The normalized spacial score (nSPS) is 16.5. The Morgan fingerprint density at radius 3 is 2.80 bits per heavy atom. The Balaban J connectivity index is 1.48. The van der Waals surface area contributed by atoms with Crippen molar-refractivity contribution in [1.29, 1.82) is 0 Å². The number of carbonyl (C=O) groups is 1. The average Bonchev–Trinajstić information content (AvgIpc) is 3.10. The molecule has 1 aromatic carbocycles. The molecule has 1 aliphatic heterocycles. The summed E-state index contributed by atoms with van der Waals surface area (Å²) < 4.78 is 1.78. The van der Waals surface area contributed by atoms with E-state index in [0.717, 1.165) is 36.7 Å². The van der Waals surface area contributed by atoms with Gasteiger partial charge in [-0.1, -0.05) is 30.3 Å². The summed E-state index contributed by atoms with van der Waals surface area (Å²) in [5, 5.41) is 7.93.